The Morgan fingerprint density at radius 1 is 1.50 bits per heavy atom. The van der Waals surface area contributed by atoms with Crippen molar-refractivity contribution in [1.29, 1.82) is 0 Å². The van der Waals surface area contributed by atoms with E-state index in [0.29, 0.717) is 22.1 Å². The van der Waals surface area contributed by atoms with Crippen LogP contribution in [0.2, 0.25) is 5.15 Å². The van der Waals surface area contributed by atoms with Crippen LogP contribution in [-0.2, 0) is 0 Å². The van der Waals surface area contributed by atoms with Crippen molar-refractivity contribution < 1.29 is 4.74 Å². The van der Waals surface area contributed by atoms with E-state index in [9.17, 15) is 0 Å². The van der Waals surface area contributed by atoms with Crippen LogP contribution in [0, 0.1) is 5.92 Å². The summed E-state index contributed by atoms with van der Waals surface area (Å²) in [6, 6.07) is 0. The second-order valence-corrected chi connectivity index (χ2v) is 4.52. The highest BCUT2D eigenvalue weighted by molar-refractivity contribution is 9.10. The van der Waals surface area contributed by atoms with Crippen molar-refractivity contribution in [3.63, 3.8) is 0 Å². The second-order valence-electron chi connectivity index (χ2n) is 3.36. The van der Waals surface area contributed by atoms with E-state index in [1.807, 2.05) is 0 Å². The van der Waals surface area contributed by atoms with Crippen LogP contribution in [0.25, 0.3) is 0 Å². The lowest BCUT2D eigenvalue weighted by molar-refractivity contribution is 0.289. The molecule has 1 saturated carbocycles. The molecule has 2 rings (SSSR count). The maximum atomic E-state index is 5.79. The Balaban J connectivity index is 1.90. The maximum absolute atomic E-state index is 5.79. The molecule has 1 heterocycles. The van der Waals surface area contributed by atoms with Gasteiger partial charge in [0.1, 0.15) is 10.8 Å². The van der Waals surface area contributed by atoms with E-state index in [2.05, 4.69) is 25.9 Å². The average molecular weight is 278 g/mol. The Morgan fingerprint density at radius 3 is 3.00 bits per heavy atom. The van der Waals surface area contributed by atoms with Crippen LogP contribution in [-0.4, -0.2) is 16.6 Å². The molecule has 1 fully saturated rings. The van der Waals surface area contributed by atoms with Gasteiger partial charge in [0.2, 0.25) is 5.88 Å². The third kappa shape index (κ3) is 2.58. The van der Waals surface area contributed by atoms with E-state index >= 15 is 0 Å². The number of rotatable bonds is 4. The number of ether oxygens (including phenoxy) is 1. The molecular weight excluding hydrogens is 267 g/mol. The molecule has 0 N–H and O–H groups in total. The van der Waals surface area contributed by atoms with Crippen molar-refractivity contribution in [2.24, 2.45) is 5.92 Å². The van der Waals surface area contributed by atoms with Gasteiger partial charge in [-0.1, -0.05) is 24.4 Å². The van der Waals surface area contributed by atoms with Gasteiger partial charge in [-0.05, 0) is 28.3 Å². The molecule has 0 amide bonds. The highest BCUT2D eigenvalue weighted by Crippen LogP contribution is 2.33. The minimum atomic E-state index is 0.390. The Bertz CT molecular complexity index is 331. The van der Waals surface area contributed by atoms with Crippen molar-refractivity contribution in [2.75, 3.05) is 6.61 Å². The van der Waals surface area contributed by atoms with Gasteiger partial charge >= 0.3 is 0 Å². The Labute approximate surface area is 96.0 Å². The van der Waals surface area contributed by atoms with Crippen LogP contribution >= 0.6 is 27.5 Å². The third-order valence-electron chi connectivity index (χ3n) is 2.18. The molecule has 0 saturated heterocycles. The highest BCUT2D eigenvalue weighted by Gasteiger charge is 2.21. The topological polar surface area (TPSA) is 35.0 Å². The van der Waals surface area contributed by atoms with Crippen molar-refractivity contribution in [2.45, 2.75) is 19.3 Å². The second kappa shape index (κ2) is 4.45. The number of halogens is 2. The Hall–Kier alpha value is -0.350. The number of aromatic nitrogens is 2. The van der Waals surface area contributed by atoms with Crippen molar-refractivity contribution in [1.82, 2.24) is 9.97 Å². The quantitative estimate of drug-likeness (QED) is 0.793. The first-order valence-electron chi connectivity index (χ1n) is 4.56. The zero-order chi connectivity index (χ0) is 9.97. The standard InChI is InChI=1S/C9H10BrClN2O/c10-7-8(11)12-5-13-9(7)14-4-3-6-1-2-6/h5-6H,1-4H2. The predicted molar refractivity (Wildman–Crippen MR) is 57.6 cm³/mol. The Kier molecular flexibility index (Phi) is 3.23. The van der Waals surface area contributed by atoms with Gasteiger partial charge in [0.05, 0.1) is 6.61 Å². The molecule has 0 aliphatic heterocycles. The van der Waals surface area contributed by atoms with Crippen molar-refractivity contribution >= 4 is 27.5 Å². The van der Waals surface area contributed by atoms with Gasteiger partial charge in [-0.2, -0.15) is 0 Å². The molecule has 3 nitrogen and oxygen atoms in total. The van der Waals surface area contributed by atoms with Crippen LogP contribution in [0.1, 0.15) is 19.3 Å². The van der Waals surface area contributed by atoms with Crippen LogP contribution < -0.4 is 4.74 Å². The molecule has 0 aromatic carbocycles. The molecule has 1 aliphatic carbocycles. The fraction of sp³-hybridized carbons (Fsp3) is 0.556. The Morgan fingerprint density at radius 2 is 2.29 bits per heavy atom. The van der Waals surface area contributed by atoms with Gasteiger partial charge < -0.3 is 4.74 Å². The smallest absolute Gasteiger partial charge is 0.232 e. The molecule has 14 heavy (non-hydrogen) atoms. The monoisotopic (exact) mass is 276 g/mol. The molecule has 0 spiro atoms. The molecule has 0 bridgehead atoms. The predicted octanol–water partition coefficient (Wildman–Crippen LogP) is 3.07. The number of hydrogen-bond acceptors (Lipinski definition) is 3. The third-order valence-corrected chi connectivity index (χ3v) is 3.41. The molecule has 0 radical (unpaired) electrons. The minimum absolute atomic E-state index is 0.390. The molecule has 1 aliphatic rings. The fourth-order valence-corrected chi connectivity index (χ4v) is 1.61. The van der Waals surface area contributed by atoms with E-state index in [4.69, 9.17) is 16.3 Å². The summed E-state index contributed by atoms with van der Waals surface area (Å²) >= 11 is 9.07. The normalized spacial score (nSPS) is 15.6. The van der Waals surface area contributed by atoms with Gasteiger partial charge in [-0.15, -0.1) is 0 Å². The summed E-state index contributed by atoms with van der Waals surface area (Å²) in [7, 11) is 0. The van der Waals surface area contributed by atoms with Gasteiger partial charge in [0.25, 0.3) is 0 Å². The molecule has 76 valence electrons. The van der Waals surface area contributed by atoms with Crippen molar-refractivity contribution in [3.05, 3.63) is 16.0 Å². The summed E-state index contributed by atoms with van der Waals surface area (Å²) in [4.78, 5) is 7.81. The maximum Gasteiger partial charge on any atom is 0.232 e. The lowest BCUT2D eigenvalue weighted by Gasteiger charge is -2.06. The highest BCUT2D eigenvalue weighted by atomic mass is 79.9. The van der Waals surface area contributed by atoms with E-state index in [-0.39, 0.29) is 0 Å². The summed E-state index contributed by atoms with van der Waals surface area (Å²) < 4.78 is 6.12. The van der Waals surface area contributed by atoms with Crippen molar-refractivity contribution in [3.8, 4) is 5.88 Å². The minimum Gasteiger partial charge on any atom is -0.477 e. The number of hydrogen-bond donors (Lipinski definition) is 0. The number of nitrogens with zero attached hydrogens (tertiary/aromatic N) is 2. The molecule has 1 aromatic heterocycles. The summed E-state index contributed by atoms with van der Waals surface area (Å²) in [5.74, 6) is 1.40. The largest absolute Gasteiger partial charge is 0.477 e. The molecule has 5 heteroatoms. The fourth-order valence-electron chi connectivity index (χ4n) is 1.16. The first kappa shape index (κ1) is 10.2. The first-order chi connectivity index (χ1) is 6.77. The zero-order valence-corrected chi connectivity index (χ0v) is 9.88. The molecule has 0 atom stereocenters. The van der Waals surface area contributed by atoms with Crippen LogP contribution in [0.15, 0.2) is 10.8 Å². The lowest BCUT2D eigenvalue weighted by atomic mass is 10.3. The van der Waals surface area contributed by atoms with Gasteiger partial charge in [-0.3, -0.25) is 0 Å². The van der Waals surface area contributed by atoms with E-state index in [0.717, 1.165) is 12.3 Å². The summed E-state index contributed by atoms with van der Waals surface area (Å²) in [5.41, 5.74) is 0. The summed E-state index contributed by atoms with van der Waals surface area (Å²) in [6.07, 6.45) is 5.19. The molecule has 0 unspecified atom stereocenters. The van der Waals surface area contributed by atoms with Crippen LogP contribution in [0.3, 0.4) is 0 Å². The summed E-state index contributed by atoms with van der Waals surface area (Å²) in [5, 5.41) is 0.390. The van der Waals surface area contributed by atoms with E-state index in [1.165, 1.54) is 19.2 Å². The SMILES string of the molecule is Clc1ncnc(OCCC2CC2)c1Br. The van der Waals surface area contributed by atoms with Gasteiger partial charge in [0, 0.05) is 0 Å². The van der Waals surface area contributed by atoms with Crippen LogP contribution in [0.5, 0.6) is 5.88 Å². The molecular formula is C9H10BrClN2O. The van der Waals surface area contributed by atoms with E-state index < -0.39 is 0 Å². The lowest BCUT2D eigenvalue weighted by Crippen LogP contribution is -2.01. The van der Waals surface area contributed by atoms with Gasteiger partial charge in [0.15, 0.2) is 5.15 Å². The van der Waals surface area contributed by atoms with Crippen LogP contribution in [0.4, 0.5) is 0 Å². The van der Waals surface area contributed by atoms with Gasteiger partial charge in [-0.25, -0.2) is 9.97 Å². The zero-order valence-electron chi connectivity index (χ0n) is 7.54. The van der Waals surface area contributed by atoms with E-state index in [1.54, 1.807) is 0 Å². The first-order valence-corrected chi connectivity index (χ1v) is 5.73. The summed E-state index contributed by atoms with van der Waals surface area (Å²) in [6.45, 7) is 0.705. The molecule has 1 aromatic rings. The average Bonchev–Trinajstić information content (AvgIpc) is 2.96.